The van der Waals surface area contributed by atoms with Gasteiger partial charge in [-0.05, 0) is 38.3 Å². The number of hydrogen-bond donors (Lipinski definition) is 1. The van der Waals surface area contributed by atoms with Crippen LogP contribution in [0.5, 0.6) is 0 Å². The van der Waals surface area contributed by atoms with Gasteiger partial charge in [0.15, 0.2) is 0 Å². The first-order valence-corrected chi connectivity index (χ1v) is 10.1. The van der Waals surface area contributed by atoms with Gasteiger partial charge in [0.2, 0.25) is 5.91 Å². The van der Waals surface area contributed by atoms with Crippen LogP contribution >= 0.6 is 0 Å². The van der Waals surface area contributed by atoms with E-state index in [4.69, 9.17) is 9.72 Å². The second kappa shape index (κ2) is 9.72. The third-order valence-electron chi connectivity index (χ3n) is 5.25. The first-order valence-electron chi connectivity index (χ1n) is 10.1. The maximum absolute atomic E-state index is 12.2. The van der Waals surface area contributed by atoms with Crippen molar-refractivity contribution >= 4 is 16.9 Å². The lowest BCUT2D eigenvalue weighted by atomic mass is 9.89. The Morgan fingerprint density at radius 2 is 2.08 bits per heavy atom. The van der Waals surface area contributed by atoms with Crippen LogP contribution in [0.15, 0.2) is 24.3 Å². The highest BCUT2D eigenvalue weighted by molar-refractivity contribution is 5.78. The Balaban J connectivity index is 1.54. The number of hydrogen-bond acceptors (Lipinski definition) is 3. The number of carbonyl (C=O) groups is 1. The van der Waals surface area contributed by atoms with E-state index in [2.05, 4.69) is 28.1 Å². The zero-order valence-corrected chi connectivity index (χ0v) is 15.9. The predicted molar refractivity (Wildman–Crippen MR) is 104 cm³/mol. The molecule has 1 heterocycles. The summed E-state index contributed by atoms with van der Waals surface area (Å²) in [6.07, 6.45) is 7.56. The van der Waals surface area contributed by atoms with E-state index in [1.54, 1.807) is 0 Å². The van der Waals surface area contributed by atoms with Gasteiger partial charge in [-0.1, -0.05) is 31.4 Å². The topological polar surface area (TPSA) is 56.1 Å². The molecule has 0 atom stereocenters. The van der Waals surface area contributed by atoms with Crippen molar-refractivity contribution in [3.8, 4) is 0 Å². The van der Waals surface area contributed by atoms with Crippen LogP contribution in [0.3, 0.4) is 0 Å². The minimum absolute atomic E-state index is 0.236. The fraction of sp³-hybridized carbons (Fsp3) is 0.619. The first-order chi connectivity index (χ1) is 12.8. The number of para-hydroxylation sites is 2. The third kappa shape index (κ3) is 4.85. The van der Waals surface area contributed by atoms with Gasteiger partial charge in [-0.3, -0.25) is 4.79 Å². The molecule has 3 rings (SSSR count). The number of benzene rings is 1. The molecule has 26 heavy (non-hydrogen) atoms. The van der Waals surface area contributed by atoms with Crippen molar-refractivity contribution in [2.45, 2.75) is 58.4 Å². The zero-order chi connectivity index (χ0) is 18.2. The quantitative estimate of drug-likeness (QED) is 0.696. The van der Waals surface area contributed by atoms with Gasteiger partial charge in [0.1, 0.15) is 5.82 Å². The van der Waals surface area contributed by atoms with E-state index in [9.17, 15) is 4.79 Å². The van der Waals surface area contributed by atoms with Crippen LogP contribution in [0.4, 0.5) is 0 Å². The van der Waals surface area contributed by atoms with Crippen molar-refractivity contribution in [1.29, 1.82) is 0 Å². The number of fused-ring (bicyclic) bond motifs is 1. The van der Waals surface area contributed by atoms with Gasteiger partial charge in [0.25, 0.3) is 0 Å². The van der Waals surface area contributed by atoms with Gasteiger partial charge < -0.3 is 14.6 Å². The number of carbonyl (C=O) groups excluding carboxylic acids is 1. The van der Waals surface area contributed by atoms with E-state index in [0.29, 0.717) is 6.61 Å². The van der Waals surface area contributed by atoms with Gasteiger partial charge >= 0.3 is 0 Å². The molecule has 0 bridgehead atoms. The lowest BCUT2D eigenvalue weighted by Crippen LogP contribution is -2.32. The molecule has 0 aliphatic heterocycles. The van der Waals surface area contributed by atoms with Crippen molar-refractivity contribution in [2.24, 2.45) is 5.92 Å². The number of nitrogens with one attached hydrogen (secondary N) is 1. The molecule has 1 N–H and O–H groups in total. The van der Waals surface area contributed by atoms with Gasteiger partial charge in [-0.15, -0.1) is 0 Å². The zero-order valence-electron chi connectivity index (χ0n) is 15.9. The molecule has 0 spiro atoms. The monoisotopic (exact) mass is 357 g/mol. The van der Waals surface area contributed by atoms with E-state index < -0.39 is 0 Å². The number of aromatic nitrogens is 2. The Labute approximate surface area is 156 Å². The molecule has 1 aromatic carbocycles. The lowest BCUT2D eigenvalue weighted by molar-refractivity contribution is -0.125. The minimum Gasteiger partial charge on any atom is -0.380 e. The second-order valence-corrected chi connectivity index (χ2v) is 7.09. The summed E-state index contributed by atoms with van der Waals surface area (Å²) < 4.78 is 7.79. The lowest BCUT2D eigenvalue weighted by Gasteiger charge is -2.20. The SMILES string of the molecule is CCOCCn1c(CCCNC(=O)C2CCCCC2)nc2ccccc21. The highest BCUT2D eigenvalue weighted by atomic mass is 16.5. The summed E-state index contributed by atoms with van der Waals surface area (Å²) in [6, 6.07) is 8.25. The Kier molecular flexibility index (Phi) is 7.06. The molecule has 5 nitrogen and oxygen atoms in total. The van der Waals surface area contributed by atoms with Gasteiger partial charge in [0, 0.05) is 32.0 Å². The molecule has 1 saturated carbocycles. The van der Waals surface area contributed by atoms with Gasteiger partial charge in [-0.25, -0.2) is 4.98 Å². The maximum atomic E-state index is 12.2. The normalized spacial score (nSPS) is 15.4. The molecule has 1 amide bonds. The van der Waals surface area contributed by atoms with Crippen molar-refractivity contribution in [1.82, 2.24) is 14.9 Å². The number of ether oxygens (including phenoxy) is 1. The average molecular weight is 357 g/mol. The summed E-state index contributed by atoms with van der Waals surface area (Å²) in [5.41, 5.74) is 2.19. The van der Waals surface area contributed by atoms with Crippen LogP contribution in [-0.2, 0) is 22.5 Å². The molecule has 0 radical (unpaired) electrons. The summed E-state index contributed by atoms with van der Waals surface area (Å²) in [4.78, 5) is 17.0. The Morgan fingerprint density at radius 1 is 1.27 bits per heavy atom. The van der Waals surface area contributed by atoms with Crippen LogP contribution in [0.1, 0.15) is 51.3 Å². The minimum atomic E-state index is 0.236. The highest BCUT2D eigenvalue weighted by Gasteiger charge is 2.20. The second-order valence-electron chi connectivity index (χ2n) is 7.09. The number of aryl methyl sites for hydroxylation is 1. The number of imidazole rings is 1. The van der Waals surface area contributed by atoms with Crippen molar-refractivity contribution in [3.05, 3.63) is 30.1 Å². The van der Waals surface area contributed by atoms with E-state index in [1.807, 2.05) is 13.0 Å². The molecule has 2 aromatic rings. The number of amides is 1. The first kappa shape index (κ1) is 18.9. The van der Waals surface area contributed by atoms with E-state index in [-0.39, 0.29) is 11.8 Å². The summed E-state index contributed by atoms with van der Waals surface area (Å²) in [7, 11) is 0. The Morgan fingerprint density at radius 3 is 2.88 bits per heavy atom. The fourth-order valence-corrected chi connectivity index (χ4v) is 3.83. The molecule has 142 valence electrons. The highest BCUT2D eigenvalue weighted by Crippen LogP contribution is 2.23. The molecule has 5 heteroatoms. The molecule has 1 aliphatic carbocycles. The fourth-order valence-electron chi connectivity index (χ4n) is 3.83. The molecular weight excluding hydrogens is 326 g/mol. The van der Waals surface area contributed by atoms with Gasteiger partial charge in [-0.2, -0.15) is 0 Å². The van der Waals surface area contributed by atoms with Crippen LogP contribution in [0, 0.1) is 5.92 Å². The van der Waals surface area contributed by atoms with Crippen LogP contribution in [0.25, 0.3) is 11.0 Å². The smallest absolute Gasteiger partial charge is 0.223 e. The Bertz CT molecular complexity index is 704. The van der Waals surface area contributed by atoms with Crippen LogP contribution in [0.2, 0.25) is 0 Å². The van der Waals surface area contributed by atoms with Crippen LogP contribution < -0.4 is 5.32 Å². The molecule has 1 fully saturated rings. The molecule has 1 aliphatic rings. The molecule has 0 unspecified atom stereocenters. The van der Waals surface area contributed by atoms with E-state index in [1.165, 1.54) is 19.3 Å². The van der Waals surface area contributed by atoms with Crippen molar-refractivity contribution in [2.75, 3.05) is 19.8 Å². The Hall–Kier alpha value is -1.88. The standard InChI is InChI=1S/C21H31N3O2/c1-2-26-16-15-24-19-12-7-6-11-18(19)23-20(24)13-8-14-22-21(25)17-9-4-3-5-10-17/h6-7,11-12,17H,2-5,8-10,13-16H2,1H3,(H,22,25). The summed E-state index contributed by atoms with van der Waals surface area (Å²) in [5.74, 6) is 1.56. The summed E-state index contributed by atoms with van der Waals surface area (Å²) in [6.45, 7) is 4.99. The van der Waals surface area contributed by atoms with Crippen molar-refractivity contribution in [3.63, 3.8) is 0 Å². The summed E-state index contributed by atoms with van der Waals surface area (Å²) in [5, 5.41) is 3.13. The average Bonchev–Trinajstić information content (AvgIpc) is 3.03. The largest absolute Gasteiger partial charge is 0.380 e. The van der Waals surface area contributed by atoms with Crippen molar-refractivity contribution < 1.29 is 9.53 Å². The van der Waals surface area contributed by atoms with E-state index in [0.717, 1.165) is 62.2 Å². The van der Waals surface area contributed by atoms with E-state index >= 15 is 0 Å². The maximum Gasteiger partial charge on any atom is 0.223 e. The summed E-state index contributed by atoms with van der Waals surface area (Å²) >= 11 is 0. The third-order valence-corrected chi connectivity index (χ3v) is 5.25. The predicted octanol–water partition coefficient (Wildman–Crippen LogP) is 3.70. The molecule has 1 aromatic heterocycles. The number of nitrogens with zero attached hydrogens (tertiary/aromatic N) is 2. The molecule has 0 saturated heterocycles. The van der Waals surface area contributed by atoms with Crippen LogP contribution in [-0.4, -0.2) is 35.2 Å². The molecular formula is C21H31N3O2. The van der Waals surface area contributed by atoms with Gasteiger partial charge in [0.05, 0.1) is 17.6 Å². The number of rotatable bonds is 9.